The van der Waals surface area contributed by atoms with Crippen molar-refractivity contribution < 1.29 is 23.5 Å². The van der Waals surface area contributed by atoms with E-state index in [1.165, 1.54) is 4.90 Å². The highest BCUT2D eigenvalue weighted by Gasteiger charge is 2.40. The largest absolute Gasteiger partial charge is 0.376 e. The van der Waals surface area contributed by atoms with Crippen molar-refractivity contribution in [2.24, 2.45) is 5.73 Å². The van der Waals surface area contributed by atoms with Crippen molar-refractivity contribution in [3.05, 3.63) is 34.6 Å². The van der Waals surface area contributed by atoms with Crippen LogP contribution in [-0.2, 0) is 27.3 Å². The number of nitrogens with zero attached hydrogens (tertiary/aromatic N) is 1. The van der Waals surface area contributed by atoms with Crippen molar-refractivity contribution in [1.29, 1.82) is 0 Å². The predicted octanol–water partition coefficient (Wildman–Crippen LogP) is 0.635. The smallest absolute Gasteiger partial charge is 0.255 e. The number of nitrogens with two attached hydrogens (primary N) is 1. The summed E-state index contributed by atoms with van der Waals surface area (Å²) in [5.41, 5.74) is 7.11. The number of piperidine rings is 1. The number of fused-ring (bicyclic) bond motifs is 1. The second kappa shape index (κ2) is 7.01. The van der Waals surface area contributed by atoms with Gasteiger partial charge < -0.3 is 15.4 Å². The Kier molecular flexibility index (Phi) is 4.69. The van der Waals surface area contributed by atoms with E-state index in [0.717, 1.165) is 12.8 Å². The molecule has 1 aromatic carbocycles. The summed E-state index contributed by atoms with van der Waals surface area (Å²) in [6, 6.07) is 2.33. The molecule has 3 amide bonds. The summed E-state index contributed by atoms with van der Waals surface area (Å²) in [5, 5.41) is 2.24. The Morgan fingerprint density at radius 3 is 2.81 bits per heavy atom. The molecule has 1 unspecified atom stereocenters. The van der Waals surface area contributed by atoms with Crippen molar-refractivity contribution in [2.75, 3.05) is 6.61 Å². The highest BCUT2D eigenvalue weighted by Crippen LogP contribution is 2.31. The number of carbonyl (C=O) groups excluding carboxylic acids is 3. The first-order valence-corrected chi connectivity index (χ1v) is 9.28. The van der Waals surface area contributed by atoms with Crippen LogP contribution in [-0.4, -0.2) is 47.4 Å². The fourth-order valence-corrected chi connectivity index (χ4v) is 4.10. The molecule has 3 aliphatic rings. The summed E-state index contributed by atoms with van der Waals surface area (Å²) in [6.45, 7) is 0.643. The summed E-state index contributed by atoms with van der Waals surface area (Å²) < 4.78 is 20.8. The average Bonchev–Trinajstić information content (AvgIpc) is 2.97. The van der Waals surface area contributed by atoms with Crippen LogP contribution in [0.2, 0.25) is 0 Å². The van der Waals surface area contributed by atoms with Crippen LogP contribution in [0.15, 0.2) is 12.1 Å². The summed E-state index contributed by atoms with van der Waals surface area (Å²) >= 11 is 0. The lowest BCUT2D eigenvalue weighted by atomic mass is 9.95. The number of benzene rings is 1. The lowest BCUT2D eigenvalue weighted by Crippen LogP contribution is -2.52. The van der Waals surface area contributed by atoms with Crippen LogP contribution in [0.25, 0.3) is 0 Å². The molecule has 0 aliphatic carbocycles. The van der Waals surface area contributed by atoms with E-state index in [2.05, 4.69) is 5.32 Å². The Labute approximate surface area is 156 Å². The number of nitrogens with one attached hydrogen (secondary N) is 1. The number of imide groups is 1. The van der Waals surface area contributed by atoms with Crippen molar-refractivity contribution in [1.82, 2.24) is 10.2 Å². The molecule has 2 fully saturated rings. The second-order valence-corrected chi connectivity index (χ2v) is 7.38. The van der Waals surface area contributed by atoms with E-state index in [1.807, 2.05) is 0 Å². The predicted molar refractivity (Wildman–Crippen MR) is 93.1 cm³/mol. The Morgan fingerprint density at radius 1 is 1.26 bits per heavy atom. The van der Waals surface area contributed by atoms with E-state index in [9.17, 15) is 14.4 Å². The lowest BCUT2D eigenvalue weighted by molar-refractivity contribution is -0.136. The molecular formula is C19H22FN3O4. The van der Waals surface area contributed by atoms with E-state index in [1.54, 1.807) is 12.1 Å². The van der Waals surface area contributed by atoms with Gasteiger partial charge in [0.2, 0.25) is 11.8 Å². The first kappa shape index (κ1) is 18.1. The first-order chi connectivity index (χ1) is 13.0. The maximum Gasteiger partial charge on any atom is 0.255 e. The number of hydrogen-bond acceptors (Lipinski definition) is 5. The lowest BCUT2D eigenvalue weighted by Gasteiger charge is -2.29. The molecule has 3 aliphatic heterocycles. The Hall–Kier alpha value is -2.32. The Bertz CT molecular complexity index is 812. The highest BCUT2D eigenvalue weighted by atomic mass is 19.1. The third-order valence-electron chi connectivity index (χ3n) is 5.64. The Balaban J connectivity index is 1.55. The van der Waals surface area contributed by atoms with Gasteiger partial charge in [0.15, 0.2) is 0 Å². The fraction of sp³-hybridized carbons (Fsp3) is 0.526. The van der Waals surface area contributed by atoms with Gasteiger partial charge in [0.1, 0.15) is 11.9 Å². The molecule has 8 heteroatoms. The van der Waals surface area contributed by atoms with Crippen LogP contribution in [0.5, 0.6) is 0 Å². The van der Waals surface area contributed by atoms with E-state index in [4.69, 9.17) is 10.5 Å². The van der Waals surface area contributed by atoms with Gasteiger partial charge in [-0.25, -0.2) is 4.39 Å². The Morgan fingerprint density at radius 2 is 2.07 bits per heavy atom. The van der Waals surface area contributed by atoms with Crippen molar-refractivity contribution in [3.8, 4) is 0 Å². The van der Waals surface area contributed by atoms with Gasteiger partial charge in [0, 0.05) is 36.6 Å². The fourth-order valence-electron chi connectivity index (χ4n) is 4.10. The zero-order chi connectivity index (χ0) is 19.1. The molecule has 7 nitrogen and oxygen atoms in total. The molecule has 27 heavy (non-hydrogen) atoms. The van der Waals surface area contributed by atoms with Gasteiger partial charge in [-0.05, 0) is 30.9 Å². The van der Waals surface area contributed by atoms with E-state index >= 15 is 4.39 Å². The van der Waals surface area contributed by atoms with Crippen LogP contribution < -0.4 is 11.1 Å². The van der Waals surface area contributed by atoms with Gasteiger partial charge >= 0.3 is 0 Å². The molecule has 4 rings (SSSR count). The van der Waals surface area contributed by atoms with Crippen LogP contribution >= 0.6 is 0 Å². The van der Waals surface area contributed by atoms with E-state index in [-0.39, 0.29) is 48.9 Å². The third-order valence-corrected chi connectivity index (χ3v) is 5.64. The topological polar surface area (TPSA) is 102 Å². The molecule has 0 spiro atoms. The van der Waals surface area contributed by atoms with Gasteiger partial charge in [-0.3, -0.25) is 19.7 Å². The minimum absolute atomic E-state index is 0.0255. The molecule has 1 aromatic rings. The quantitative estimate of drug-likeness (QED) is 0.755. The number of halogens is 1. The average molecular weight is 375 g/mol. The van der Waals surface area contributed by atoms with Crippen LogP contribution in [0, 0.1) is 5.82 Å². The molecule has 3 heterocycles. The van der Waals surface area contributed by atoms with Gasteiger partial charge in [0.25, 0.3) is 5.91 Å². The van der Waals surface area contributed by atoms with Crippen molar-refractivity contribution in [2.45, 2.75) is 56.8 Å². The molecule has 3 atom stereocenters. The zero-order valence-corrected chi connectivity index (χ0v) is 14.9. The molecule has 0 radical (unpaired) electrons. The first-order valence-electron chi connectivity index (χ1n) is 9.28. The summed E-state index contributed by atoms with van der Waals surface area (Å²) in [7, 11) is 0. The molecule has 2 saturated heterocycles. The summed E-state index contributed by atoms with van der Waals surface area (Å²) in [5.74, 6) is -1.67. The van der Waals surface area contributed by atoms with Gasteiger partial charge in [-0.1, -0.05) is 6.07 Å². The molecule has 0 bridgehead atoms. The standard InChI is InChI=1S/C19H22FN3O4/c20-17-10(8-15-13(21)2-1-7-27-15)3-4-11-12(17)9-23(19(11)26)14-5-6-16(24)22-18(14)25/h3-4,13-15H,1-2,5-9,21H2,(H,22,24,25)/t13-,14?,15+/m0/s1. The molecule has 144 valence electrons. The van der Waals surface area contributed by atoms with Gasteiger partial charge in [0.05, 0.1) is 12.6 Å². The van der Waals surface area contributed by atoms with E-state index < -0.39 is 17.8 Å². The maximum absolute atomic E-state index is 15.1. The number of ether oxygens (including phenoxy) is 1. The highest BCUT2D eigenvalue weighted by molar-refractivity contribution is 6.05. The third kappa shape index (κ3) is 3.23. The van der Waals surface area contributed by atoms with Gasteiger partial charge in [-0.15, -0.1) is 0 Å². The molecular weight excluding hydrogens is 353 g/mol. The SMILES string of the molecule is N[C@H]1CCCO[C@@H]1Cc1ccc2c(c1F)CN(C1CCC(=O)NC1=O)C2=O. The molecule has 3 N–H and O–H groups in total. The number of hydrogen-bond donors (Lipinski definition) is 2. The zero-order valence-electron chi connectivity index (χ0n) is 14.9. The van der Waals surface area contributed by atoms with E-state index in [0.29, 0.717) is 24.2 Å². The normalized spacial score (nSPS) is 28.3. The summed E-state index contributed by atoms with van der Waals surface area (Å²) in [4.78, 5) is 37.4. The summed E-state index contributed by atoms with van der Waals surface area (Å²) in [6.07, 6.45) is 2.28. The molecule has 0 saturated carbocycles. The van der Waals surface area contributed by atoms with Crippen LogP contribution in [0.3, 0.4) is 0 Å². The second-order valence-electron chi connectivity index (χ2n) is 7.38. The number of amides is 3. The van der Waals surface area contributed by atoms with Gasteiger partial charge in [-0.2, -0.15) is 0 Å². The maximum atomic E-state index is 15.1. The number of rotatable bonds is 3. The van der Waals surface area contributed by atoms with Crippen molar-refractivity contribution in [3.63, 3.8) is 0 Å². The number of carbonyl (C=O) groups is 3. The van der Waals surface area contributed by atoms with Crippen molar-refractivity contribution >= 4 is 17.7 Å². The molecule has 0 aromatic heterocycles. The van der Waals surface area contributed by atoms with Crippen LogP contribution in [0.1, 0.15) is 47.2 Å². The van der Waals surface area contributed by atoms with Crippen LogP contribution in [0.4, 0.5) is 4.39 Å². The minimum Gasteiger partial charge on any atom is -0.376 e. The monoisotopic (exact) mass is 375 g/mol. The minimum atomic E-state index is -0.749.